The van der Waals surface area contributed by atoms with Gasteiger partial charge in [0.15, 0.2) is 0 Å². The number of thioether (sulfide) groups is 1. The average Bonchev–Trinajstić information content (AvgIpc) is 2.80. The molecule has 2 aromatic rings. The number of β-amino-alcohol motifs (C(OH)–C–C–N with tert-alkyl or cyclic N) is 1. The van der Waals surface area contributed by atoms with Gasteiger partial charge < -0.3 is 14.6 Å². The van der Waals surface area contributed by atoms with Crippen LogP contribution >= 0.6 is 23.4 Å². The number of halogens is 1. The second-order valence-electron chi connectivity index (χ2n) is 8.87. The van der Waals surface area contributed by atoms with Crippen LogP contribution in [0.25, 0.3) is 0 Å². The van der Waals surface area contributed by atoms with Crippen molar-refractivity contribution in [2.45, 2.75) is 45.1 Å². The van der Waals surface area contributed by atoms with Gasteiger partial charge in [0.2, 0.25) is 0 Å². The molecular weight excluding hydrogens is 442 g/mol. The van der Waals surface area contributed by atoms with E-state index in [4.69, 9.17) is 21.1 Å². The van der Waals surface area contributed by atoms with Crippen LogP contribution in [0.15, 0.2) is 42.5 Å². The number of aliphatic hydroxyl groups is 1. The van der Waals surface area contributed by atoms with Crippen LogP contribution in [0, 0.1) is 0 Å². The van der Waals surface area contributed by atoms with Crippen LogP contribution in [0.1, 0.15) is 44.7 Å². The van der Waals surface area contributed by atoms with Gasteiger partial charge in [-0.05, 0) is 41.8 Å². The first-order valence-electron chi connectivity index (χ1n) is 11.5. The maximum atomic E-state index is 10.3. The van der Waals surface area contributed by atoms with E-state index in [1.807, 2.05) is 36.0 Å². The highest BCUT2D eigenvalue weighted by atomic mass is 35.5. The Hall–Kier alpha value is -1.40. The lowest BCUT2D eigenvalue weighted by Gasteiger charge is -2.28. The number of rotatable bonds is 11. The van der Waals surface area contributed by atoms with Crippen LogP contribution in [0.4, 0.5) is 0 Å². The van der Waals surface area contributed by atoms with Crippen LogP contribution in [-0.4, -0.2) is 60.5 Å². The molecule has 1 aliphatic rings. The Kier molecular flexibility index (Phi) is 9.60. The van der Waals surface area contributed by atoms with Gasteiger partial charge in [-0.1, -0.05) is 57.0 Å². The molecule has 32 heavy (non-hydrogen) atoms. The second-order valence-corrected chi connectivity index (χ2v) is 10.5. The fourth-order valence-electron chi connectivity index (χ4n) is 3.79. The van der Waals surface area contributed by atoms with Gasteiger partial charge in [-0.2, -0.15) is 11.8 Å². The van der Waals surface area contributed by atoms with Gasteiger partial charge in [-0.15, -0.1) is 0 Å². The van der Waals surface area contributed by atoms with Gasteiger partial charge >= 0.3 is 0 Å². The number of aliphatic hydroxyl groups excluding tert-OH is 1. The standard InChI is InChI=1S/C26H36ClNO3S/c1-4-5-14-30-25-11-8-21(17-24(25)27)26(2,3)20-6-9-23(10-7-20)31-19-22(29)18-28-12-15-32-16-13-28/h6-11,17,22,29H,4-5,12-16,18-19H2,1-3H3. The van der Waals surface area contributed by atoms with Crippen LogP contribution in [0.3, 0.4) is 0 Å². The normalized spacial score (nSPS) is 16.0. The summed E-state index contributed by atoms with van der Waals surface area (Å²) in [6.45, 7) is 10.3. The zero-order valence-electron chi connectivity index (χ0n) is 19.5. The zero-order chi connectivity index (χ0) is 23.0. The first-order valence-corrected chi connectivity index (χ1v) is 13.1. The van der Waals surface area contributed by atoms with Crippen molar-refractivity contribution in [2.24, 2.45) is 0 Å². The van der Waals surface area contributed by atoms with E-state index in [2.05, 4.69) is 43.9 Å². The molecule has 0 aromatic heterocycles. The van der Waals surface area contributed by atoms with Crippen LogP contribution in [-0.2, 0) is 5.41 Å². The molecule has 1 atom stereocenters. The summed E-state index contributed by atoms with van der Waals surface area (Å²) >= 11 is 8.47. The monoisotopic (exact) mass is 477 g/mol. The average molecular weight is 478 g/mol. The van der Waals surface area contributed by atoms with Crippen molar-refractivity contribution in [1.29, 1.82) is 0 Å². The fourth-order valence-corrected chi connectivity index (χ4v) is 5.01. The summed E-state index contributed by atoms with van der Waals surface area (Å²) in [7, 11) is 0. The maximum Gasteiger partial charge on any atom is 0.137 e. The molecule has 0 radical (unpaired) electrons. The van der Waals surface area contributed by atoms with Crippen LogP contribution < -0.4 is 9.47 Å². The molecule has 1 heterocycles. The lowest BCUT2D eigenvalue weighted by Crippen LogP contribution is -2.40. The summed E-state index contributed by atoms with van der Waals surface area (Å²) in [5, 5.41) is 11.0. The lowest BCUT2D eigenvalue weighted by molar-refractivity contribution is 0.0715. The molecule has 0 amide bonds. The first-order chi connectivity index (χ1) is 15.4. The molecule has 6 heteroatoms. The van der Waals surface area contributed by atoms with Gasteiger partial charge in [0.25, 0.3) is 0 Å². The van der Waals surface area contributed by atoms with Crippen LogP contribution in [0.5, 0.6) is 11.5 Å². The Bertz CT molecular complexity index is 837. The van der Waals surface area contributed by atoms with Gasteiger partial charge in [0.05, 0.1) is 11.6 Å². The Morgan fingerprint density at radius 3 is 2.41 bits per heavy atom. The molecule has 1 unspecified atom stereocenters. The summed E-state index contributed by atoms with van der Waals surface area (Å²) in [6.07, 6.45) is 1.64. The number of hydrogen-bond acceptors (Lipinski definition) is 5. The smallest absolute Gasteiger partial charge is 0.137 e. The van der Waals surface area contributed by atoms with E-state index >= 15 is 0 Å². The van der Waals surface area contributed by atoms with E-state index < -0.39 is 6.10 Å². The van der Waals surface area contributed by atoms with Crippen molar-refractivity contribution in [3.05, 3.63) is 58.6 Å². The largest absolute Gasteiger partial charge is 0.492 e. The van der Waals surface area contributed by atoms with Crippen molar-refractivity contribution < 1.29 is 14.6 Å². The van der Waals surface area contributed by atoms with E-state index in [-0.39, 0.29) is 5.41 Å². The minimum absolute atomic E-state index is 0.212. The molecule has 1 aliphatic heterocycles. The number of hydrogen-bond donors (Lipinski definition) is 1. The van der Waals surface area contributed by atoms with Gasteiger partial charge in [0.1, 0.15) is 24.2 Å². The van der Waals surface area contributed by atoms with Crippen molar-refractivity contribution in [3.8, 4) is 11.5 Å². The van der Waals surface area contributed by atoms with E-state index in [9.17, 15) is 5.11 Å². The third-order valence-corrected chi connectivity index (χ3v) is 7.24. The molecule has 1 saturated heterocycles. The molecule has 3 rings (SSSR count). The highest BCUT2D eigenvalue weighted by Gasteiger charge is 2.24. The molecular formula is C26H36ClNO3S. The maximum absolute atomic E-state index is 10.3. The Morgan fingerprint density at radius 1 is 1.06 bits per heavy atom. The molecule has 0 saturated carbocycles. The summed E-state index contributed by atoms with van der Waals surface area (Å²) in [5.74, 6) is 3.80. The van der Waals surface area contributed by atoms with Crippen LogP contribution in [0.2, 0.25) is 5.02 Å². The van der Waals surface area contributed by atoms with Crippen molar-refractivity contribution in [2.75, 3.05) is 44.4 Å². The van der Waals surface area contributed by atoms with E-state index in [0.29, 0.717) is 24.8 Å². The van der Waals surface area contributed by atoms with Gasteiger partial charge in [0, 0.05) is 36.6 Å². The van der Waals surface area contributed by atoms with E-state index in [1.54, 1.807) is 0 Å². The van der Waals surface area contributed by atoms with Gasteiger partial charge in [-0.25, -0.2) is 0 Å². The molecule has 2 aromatic carbocycles. The minimum Gasteiger partial charge on any atom is -0.492 e. The molecule has 0 spiro atoms. The third kappa shape index (κ3) is 7.05. The molecule has 1 fully saturated rings. The molecule has 1 N–H and O–H groups in total. The quantitative estimate of drug-likeness (QED) is 0.424. The van der Waals surface area contributed by atoms with Crippen molar-refractivity contribution in [1.82, 2.24) is 4.90 Å². The SMILES string of the molecule is CCCCOc1ccc(C(C)(C)c2ccc(OCC(O)CN3CCSCC3)cc2)cc1Cl. The zero-order valence-corrected chi connectivity index (χ0v) is 21.1. The Morgan fingerprint density at radius 2 is 1.75 bits per heavy atom. The van der Waals surface area contributed by atoms with E-state index in [1.165, 1.54) is 5.56 Å². The lowest BCUT2D eigenvalue weighted by atomic mass is 9.78. The second kappa shape index (κ2) is 12.2. The van der Waals surface area contributed by atoms with Crippen molar-refractivity contribution >= 4 is 23.4 Å². The fraction of sp³-hybridized carbons (Fsp3) is 0.538. The third-order valence-electron chi connectivity index (χ3n) is 6.00. The van der Waals surface area contributed by atoms with E-state index in [0.717, 1.165) is 54.5 Å². The summed E-state index contributed by atoms with van der Waals surface area (Å²) in [5.41, 5.74) is 2.09. The number of nitrogens with zero attached hydrogens (tertiary/aromatic N) is 1. The predicted octanol–water partition coefficient (Wildman–Crippen LogP) is 5.63. The molecule has 4 nitrogen and oxygen atoms in total. The Labute approximate surface area is 202 Å². The first kappa shape index (κ1) is 25.2. The predicted molar refractivity (Wildman–Crippen MR) is 136 cm³/mol. The Balaban J connectivity index is 1.57. The molecule has 0 bridgehead atoms. The topological polar surface area (TPSA) is 41.9 Å². The number of benzene rings is 2. The van der Waals surface area contributed by atoms with Gasteiger partial charge in [-0.3, -0.25) is 4.90 Å². The summed E-state index contributed by atoms with van der Waals surface area (Å²) in [4.78, 5) is 2.31. The minimum atomic E-state index is -0.477. The van der Waals surface area contributed by atoms with Crippen molar-refractivity contribution in [3.63, 3.8) is 0 Å². The molecule has 0 aliphatic carbocycles. The number of ether oxygens (including phenoxy) is 2. The number of unbranched alkanes of at least 4 members (excludes halogenated alkanes) is 1. The summed E-state index contributed by atoms with van der Waals surface area (Å²) < 4.78 is 11.6. The highest BCUT2D eigenvalue weighted by Crippen LogP contribution is 2.36. The highest BCUT2D eigenvalue weighted by molar-refractivity contribution is 7.99. The molecule has 176 valence electrons. The summed E-state index contributed by atoms with van der Waals surface area (Å²) in [6, 6.07) is 14.2.